The molecule has 1 aliphatic heterocycles. The van der Waals surface area contributed by atoms with E-state index >= 15 is 0 Å². The van der Waals surface area contributed by atoms with E-state index in [9.17, 15) is 4.79 Å². The van der Waals surface area contributed by atoms with Crippen molar-refractivity contribution in [1.29, 1.82) is 0 Å². The largest absolute Gasteiger partial charge is 0.338 e. The maximum absolute atomic E-state index is 13.0. The van der Waals surface area contributed by atoms with Crippen LogP contribution in [0.2, 0.25) is 0 Å². The molecule has 2 aromatic rings. The summed E-state index contributed by atoms with van der Waals surface area (Å²) in [7, 11) is 0. The zero-order chi connectivity index (χ0) is 16.6. The average Bonchev–Trinajstić information content (AvgIpc) is 2.90. The second kappa shape index (κ2) is 6.19. The molecule has 0 atom stereocenters. The summed E-state index contributed by atoms with van der Waals surface area (Å²) in [4.78, 5) is 19.6. The number of rotatable bonds is 1. The highest BCUT2D eigenvalue weighted by atomic mass is 16.2. The van der Waals surface area contributed by atoms with E-state index in [0.717, 1.165) is 31.6 Å². The van der Waals surface area contributed by atoms with Crippen LogP contribution in [0.1, 0.15) is 67.4 Å². The molecule has 2 aromatic heterocycles. The minimum atomic E-state index is 0.0935. The zero-order valence-electron chi connectivity index (χ0n) is 14.5. The third-order valence-electron chi connectivity index (χ3n) is 5.99. The molecule has 1 aliphatic carbocycles. The van der Waals surface area contributed by atoms with Gasteiger partial charge in [0.2, 0.25) is 0 Å². The molecule has 1 saturated heterocycles. The van der Waals surface area contributed by atoms with Crippen LogP contribution in [-0.4, -0.2) is 38.5 Å². The number of carbonyl (C=O) groups is 1. The minimum Gasteiger partial charge on any atom is -0.338 e. The van der Waals surface area contributed by atoms with E-state index in [2.05, 4.69) is 10.1 Å². The Balaban J connectivity index is 1.54. The first-order chi connectivity index (χ1) is 11.7. The quantitative estimate of drug-likeness (QED) is 0.804. The Kier molecular flexibility index (Phi) is 4.02. The monoisotopic (exact) mass is 326 g/mol. The lowest BCUT2D eigenvalue weighted by Crippen LogP contribution is -2.33. The molecule has 24 heavy (non-hydrogen) atoms. The van der Waals surface area contributed by atoms with E-state index in [1.807, 2.05) is 24.1 Å². The highest BCUT2D eigenvalue weighted by Gasteiger charge is 2.35. The molecule has 3 heterocycles. The third kappa shape index (κ3) is 2.80. The van der Waals surface area contributed by atoms with Gasteiger partial charge in [-0.05, 0) is 50.5 Å². The predicted molar refractivity (Wildman–Crippen MR) is 93.0 cm³/mol. The van der Waals surface area contributed by atoms with E-state index in [0.29, 0.717) is 16.6 Å². The van der Waals surface area contributed by atoms with Gasteiger partial charge >= 0.3 is 0 Å². The van der Waals surface area contributed by atoms with Gasteiger partial charge in [-0.25, -0.2) is 9.50 Å². The van der Waals surface area contributed by atoms with Crippen LogP contribution in [0.3, 0.4) is 0 Å². The summed E-state index contributed by atoms with van der Waals surface area (Å²) in [5.41, 5.74) is 2.73. The van der Waals surface area contributed by atoms with Crippen molar-refractivity contribution in [3.63, 3.8) is 0 Å². The molecule has 0 radical (unpaired) electrons. The molecular formula is C19H26N4O. The van der Waals surface area contributed by atoms with Gasteiger partial charge < -0.3 is 4.90 Å². The molecule has 0 unspecified atom stereocenters. The van der Waals surface area contributed by atoms with Gasteiger partial charge in [-0.15, -0.1) is 0 Å². The molecule has 2 fully saturated rings. The summed E-state index contributed by atoms with van der Waals surface area (Å²) in [6, 6.07) is 1.91. The SMILES string of the molecule is Cc1ccn2ncc(C(=O)N3CCCC4(CCCCC4)CC3)c2n1. The van der Waals surface area contributed by atoms with Crippen molar-refractivity contribution in [3.05, 3.63) is 29.7 Å². The number of hydrogen-bond donors (Lipinski definition) is 0. The normalized spacial score (nSPS) is 21.1. The van der Waals surface area contributed by atoms with Crippen molar-refractivity contribution in [2.24, 2.45) is 5.41 Å². The minimum absolute atomic E-state index is 0.0935. The number of amides is 1. The van der Waals surface area contributed by atoms with Crippen LogP contribution in [0.5, 0.6) is 0 Å². The summed E-state index contributed by atoms with van der Waals surface area (Å²) in [6.45, 7) is 3.69. The van der Waals surface area contributed by atoms with Crippen LogP contribution in [0, 0.1) is 12.3 Å². The van der Waals surface area contributed by atoms with Gasteiger partial charge in [0, 0.05) is 25.0 Å². The summed E-state index contributed by atoms with van der Waals surface area (Å²) in [5.74, 6) is 0.0935. The fourth-order valence-corrected chi connectivity index (χ4v) is 4.54. The highest BCUT2D eigenvalue weighted by molar-refractivity contribution is 5.99. The van der Waals surface area contributed by atoms with Gasteiger partial charge in [0.05, 0.1) is 6.20 Å². The number of aromatic nitrogens is 3. The Morgan fingerprint density at radius 1 is 1.08 bits per heavy atom. The van der Waals surface area contributed by atoms with Crippen LogP contribution >= 0.6 is 0 Å². The summed E-state index contributed by atoms with van der Waals surface area (Å²) in [5, 5.41) is 4.29. The van der Waals surface area contributed by atoms with Gasteiger partial charge in [0.1, 0.15) is 5.56 Å². The highest BCUT2D eigenvalue weighted by Crippen LogP contribution is 2.44. The van der Waals surface area contributed by atoms with Crippen molar-refractivity contribution in [3.8, 4) is 0 Å². The van der Waals surface area contributed by atoms with Gasteiger partial charge in [-0.2, -0.15) is 5.10 Å². The molecule has 5 heteroatoms. The maximum atomic E-state index is 13.0. The molecule has 4 rings (SSSR count). The Labute approximate surface area is 143 Å². The fraction of sp³-hybridized carbons (Fsp3) is 0.632. The van der Waals surface area contributed by atoms with E-state index in [4.69, 9.17) is 0 Å². The lowest BCUT2D eigenvalue weighted by molar-refractivity contribution is 0.0750. The fourth-order valence-electron chi connectivity index (χ4n) is 4.54. The van der Waals surface area contributed by atoms with E-state index < -0.39 is 0 Å². The molecule has 1 amide bonds. The lowest BCUT2D eigenvalue weighted by atomic mass is 9.69. The van der Waals surface area contributed by atoms with Crippen molar-refractivity contribution in [2.45, 2.75) is 58.3 Å². The Morgan fingerprint density at radius 3 is 2.71 bits per heavy atom. The predicted octanol–water partition coefficient (Wildman–Crippen LogP) is 3.61. The smallest absolute Gasteiger partial charge is 0.259 e. The van der Waals surface area contributed by atoms with Crippen molar-refractivity contribution >= 4 is 11.6 Å². The van der Waals surface area contributed by atoms with Crippen molar-refractivity contribution in [2.75, 3.05) is 13.1 Å². The first-order valence-corrected chi connectivity index (χ1v) is 9.27. The molecule has 2 aliphatic rings. The molecule has 1 spiro atoms. The van der Waals surface area contributed by atoms with Crippen LogP contribution in [-0.2, 0) is 0 Å². The number of hydrogen-bond acceptors (Lipinski definition) is 3. The van der Waals surface area contributed by atoms with Gasteiger partial charge in [-0.3, -0.25) is 4.79 Å². The lowest BCUT2D eigenvalue weighted by Gasteiger charge is -2.36. The van der Waals surface area contributed by atoms with E-state index in [1.165, 1.54) is 38.5 Å². The Bertz CT molecular complexity index is 745. The molecule has 0 aromatic carbocycles. The molecular weight excluding hydrogens is 300 g/mol. The van der Waals surface area contributed by atoms with Crippen LogP contribution < -0.4 is 0 Å². The maximum Gasteiger partial charge on any atom is 0.259 e. The van der Waals surface area contributed by atoms with E-state index in [-0.39, 0.29) is 5.91 Å². The summed E-state index contributed by atoms with van der Waals surface area (Å²) < 4.78 is 1.70. The second-order valence-corrected chi connectivity index (χ2v) is 7.60. The zero-order valence-corrected chi connectivity index (χ0v) is 14.5. The van der Waals surface area contributed by atoms with Crippen LogP contribution in [0.25, 0.3) is 5.65 Å². The molecule has 5 nitrogen and oxygen atoms in total. The first kappa shape index (κ1) is 15.6. The number of nitrogens with zero attached hydrogens (tertiary/aromatic N) is 4. The number of aryl methyl sites for hydroxylation is 1. The third-order valence-corrected chi connectivity index (χ3v) is 5.99. The summed E-state index contributed by atoms with van der Waals surface area (Å²) >= 11 is 0. The number of likely N-dealkylation sites (tertiary alicyclic amines) is 1. The van der Waals surface area contributed by atoms with Crippen molar-refractivity contribution < 1.29 is 4.79 Å². The second-order valence-electron chi connectivity index (χ2n) is 7.60. The van der Waals surface area contributed by atoms with E-state index in [1.54, 1.807) is 10.7 Å². The standard InChI is InChI=1S/C19H26N4O/c1-15-6-12-23-17(21-15)16(14-20-23)18(24)22-11-5-9-19(10-13-22)7-3-2-4-8-19/h6,12,14H,2-5,7-11,13H2,1H3. The van der Waals surface area contributed by atoms with Gasteiger partial charge in [-0.1, -0.05) is 19.3 Å². The van der Waals surface area contributed by atoms with Gasteiger partial charge in [0.15, 0.2) is 5.65 Å². The summed E-state index contributed by atoms with van der Waals surface area (Å²) in [6.07, 6.45) is 13.9. The van der Waals surface area contributed by atoms with Crippen LogP contribution in [0.15, 0.2) is 18.5 Å². The Hall–Kier alpha value is -1.91. The number of carbonyl (C=O) groups excluding carboxylic acids is 1. The molecule has 0 bridgehead atoms. The molecule has 1 saturated carbocycles. The van der Waals surface area contributed by atoms with Gasteiger partial charge in [0.25, 0.3) is 5.91 Å². The first-order valence-electron chi connectivity index (χ1n) is 9.27. The molecule has 0 N–H and O–H groups in total. The number of fused-ring (bicyclic) bond motifs is 1. The Morgan fingerprint density at radius 2 is 1.88 bits per heavy atom. The van der Waals surface area contributed by atoms with Crippen molar-refractivity contribution in [1.82, 2.24) is 19.5 Å². The topological polar surface area (TPSA) is 50.5 Å². The molecule has 128 valence electrons. The average molecular weight is 326 g/mol. The van der Waals surface area contributed by atoms with Crippen LogP contribution in [0.4, 0.5) is 0 Å².